The number of nitrogens with one attached hydrogen (secondary N) is 2. The van der Waals surface area contributed by atoms with Crippen molar-refractivity contribution in [2.45, 2.75) is 18.9 Å². The summed E-state index contributed by atoms with van der Waals surface area (Å²) in [4.78, 5) is 21.5. The van der Waals surface area contributed by atoms with E-state index in [0.717, 1.165) is 0 Å². The van der Waals surface area contributed by atoms with E-state index in [1.54, 1.807) is 12.3 Å². The molecule has 8 heteroatoms. The molecule has 18 heavy (non-hydrogen) atoms. The second-order valence-corrected chi connectivity index (χ2v) is 3.62. The van der Waals surface area contributed by atoms with Crippen molar-refractivity contribution in [2.75, 3.05) is 5.32 Å². The van der Waals surface area contributed by atoms with Crippen LogP contribution >= 0.6 is 0 Å². The van der Waals surface area contributed by atoms with E-state index >= 15 is 0 Å². The van der Waals surface area contributed by atoms with E-state index in [9.17, 15) is 13.6 Å². The zero-order valence-corrected chi connectivity index (χ0v) is 9.10. The first-order valence-corrected chi connectivity index (χ1v) is 5.13. The van der Waals surface area contributed by atoms with Gasteiger partial charge in [-0.1, -0.05) is 0 Å². The SMILES string of the molecule is O=C(O)[C@@H](CC(F)F)Nc1ncnc2[nH]ccc12. The molecule has 2 aromatic heterocycles. The van der Waals surface area contributed by atoms with Gasteiger partial charge in [0.25, 0.3) is 0 Å². The molecular weight excluding hydrogens is 246 g/mol. The van der Waals surface area contributed by atoms with Gasteiger partial charge in [0.15, 0.2) is 0 Å². The van der Waals surface area contributed by atoms with Gasteiger partial charge in [-0.15, -0.1) is 0 Å². The molecule has 1 atom stereocenters. The first-order valence-electron chi connectivity index (χ1n) is 5.13. The minimum absolute atomic E-state index is 0.217. The van der Waals surface area contributed by atoms with Crippen LogP contribution in [0.5, 0.6) is 0 Å². The highest BCUT2D eigenvalue weighted by atomic mass is 19.3. The van der Waals surface area contributed by atoms with Crippen LogP contribution in [0.2, 0.25) is 0 Å². The van der Waals surface area contributed by atoms with Crippen LogP contribution in [-0.4, -0.2) is 38.5 Å². The standard InChI is InChI=1S/C10H10F2N4O2/c11-7(12)3-6(10(17)18)16-9-5-1-2-13-8(5)14-4-15-9/h1-2,4,6-7H,3H2,(H,17,18)(H2,13,14,15,16)/t6-/m1/s1. The minimum Gasteiger partial charge on any atom is -0.480 e. The Balaban J connectivity index is 2.25. The Bertz CT molecular complexity index is 558. The van der Waals surface area contributed by atoms with Crippen molar-refractivity contribution >= 4 is 22.8 Å². The zero-order chi connectivity index (χ0) is 13.1. The fourth-order valence-corrected chi connectivity index (χ4v) is 1.55. The molecule has 2 rings (SSSR count). The Kier molecular flexibility index (Phi) is 3.35. The predicted molar refractivity (Wildman–Crippen MR) is 59.6 cm³/mol. The highest BCUT2D eigenvalue weighted by Gasteiger charge is 2.23. The fourth-order valence-electron chi connectivity index (χ4n) is 1.55. The van der Waals surface area contributed by atoms with E-state index in [2.05, 4.69) is 20.3 Å². The smallest absolute Gasteiger partial charge is 0.326 e. The van der Waals surface area contributed by atoms with Crippen molar-refractivity contribution < 1.29 is 18.7 Å². The molecule has 0 saturated carbocycles. The highest BCUT2D eigenvalue weighted by Crippen LogP contribution is 2.19. The van der Waals surface area contributed by atoms with Crippen LogP contribution in [-0.2, 0) is 4.79 Å². The predicted octanol–water partition coefficient (Wildman–Crippen LogP) is 1.48. The largest absolute Gasteiger partial charge is 0.480 e. The molecule has 96 valence electrons. The molecule has 6 nitrogen and oxygen atoms in total. The number of hydrogen-bond acceptors (Lipinski definition) is 4. The summed E-state index contributed by atoms with van der Waals surface area (Å²) in [6.07, 6.45) is -0.664. The van der Waals surface area contributed by atoms with E-state index < -0.39 is 24.9 Å². The van der Waals surface area contributed by atoms with Crippen LogP contribution < -0.4 is 5.32 Å². The van der Waals surface area contributed by atoms with Crippen molar-refractivity contribution in [3.63, 3.8) is 0 Å². The molecule has 0 amide bonds. The number of aliphatic carboxylic acids is 1. The molecule has 0 bridgehead atoms. The van der Waals surface area contributed by atoms with E-state index in [-0.39, 0.29) is 5.82 Å². The third-order valence-corrected chi connectivity index (χ3v) is 2.38. The number of H-pyrrole nitrogens is 1. The fraction of sp³-hybridized carbons (Fsp3) is 0.300. The Morgan fingerprint density at radius 2 is 2.28 bits per heavy atom. The van der Waals surface area contributed by atoms with E-state index in [0.29, 0.717) is 11.0 Å². The number of carboxylic acids is 1. The van der Waals surface area contributed by atoms with Crippen LogP contribution in [0.4, 0.5) is 14.6 Å². The number of anilines is 1. The number of carboxylic acid groups (broad SMARTS) is 1. The normalized spacial score (nSPS) is 12.8. The number of hydrogen-bond donors (Lipinski definition) is 3. The third-order valence-electron chi connectivity index (χ3n) is 2.38. The summed E-state index contributed by atoms with van der Waals surface area (Å²) in [6, 6.07) is 0.247. The maximum Gasteiger partial charge on any atom is 0.326 e. The first-order chi connectivity index (χ1) is 8.58. The Morgan fingerprint density at radius 1 is 1.50 bits per heavy atom. The zero-order valence-electron chi connectivity index (χ0n) is 9.10. The van der Waals surface area contributed by atoms with Gasteiger partial charge < -0.3 is 15.4 Å². The molecule has 0 spiro atoms. The van der Waals surface area contributed by atoms with Crippen LogP contribution in [0.15, 0.2) is 18.6 Å². The lowest BCUT2D eigenvalue weighted by Gasteiger charge is -2.14. The van der Waals surface area contributed by atoms with Gasteiger partial charge in [0, 0.05) is 12.6 Å². The average molecular weight is 256 g/mol. The van der Waals surface area contributed by atoms with E-state index in [1.165, 1.54) is 6.33 Å². The molecule has 0 saturated heterocycles. The Labute approximate surface area is 100 Å². The average Bonchev–Trinajstić information content (AvgIpc) is 2.76. The maximum atomic E-state index is 12.3. The van der Waals surface area contributed by atoms with E-state index in [1.807, 2.05) is 0 Å². The van der Waals surface area contributed by atoms with Gasteiger partial charge in [-0.2, -0.15) is 0 Å². The summed E-state index contributed by atoms with van der Waals surface area (Å²) in [5, 5.41) is 11.9. The maximum absolute atomic E-state index is 12.3. The van der Waals surface area contributed by atoms with Crippen molar-refractivity contribution in [2.24, 2.45) is 0 Å². The molecule has 0 fully saturated rings. The monoisotopic (exact) mass is 256 g/mol. The summed E-state index contributed by atoms with van der Waals surface area (Å²) in [6.45, 7) is 0. The molecule has 0 aliphatic heterocycles. The van der Waals surface area contributed by atoms with Crippen LogP contribution in [0, 0.1) is 0 Å². The van der Waals surface area contributed by atoms with Crippen molar-refractivity contribution in [3.05, 3.63) is 18.6 Å². The van der Waals surface area contributed by atoms with Gasteiger partial charge in [0.1, 0.15) is 23.8 Å². The van der Waals surface area contributed by atoms with Gasteiger partial charge in [-0.25, -0.2) is 23.5 Å². The lowest BCUT2D eigenvalue weighted by Crippen LogP contribution is -2.31. The van der Waals surface area contributed by atoms with Crippen molar-refractivity contribution in [3.8, 4) is 0 Å². The van der Waals surface area contributed by atoms with Crippen LogP contribution in [0.1, 0.15) is 6.42 Å². The van der Waals surface area contributed by atoms with Crippen LogP contribution in [0.3, 0.4) is 0 Å². The molecule has 3 N–H and O–H groups in total. The highest BCUT2D eigenvalue weighted by molar-refractivity contribution is 5.89. The first kappa shape index (κ1) is 12.2. The number of aromatic nitrogens is 3. The molecule has 0 aliphatic carbocycles. The summed E-state index contributed by atoms with van der Waals surface area (Å²) in [5.41, 5.74) is 0.508. The number of aromatic amines is 1. The number of fused-ring (bicyclic) bond motifs is 1. The van der Waals surface area contributed by atoms with Gasteiger partial charge >= 0.3 is 5.97 Å². The summed E-state index contributed by atoms with van der Waals surface area (Å²) in [7, 11) is 0. The van der Waals surface area contributed by atoms with Gasteiger partial charge in [0.2, 0.25) is 6.43 Å². The number of carbonyl (C=O) groups is 1. The molecule has 0 aromatic carbocycles. The molecule has 0 radical (unpaired) electrons. The van der Waals surface area contributed by atoms with E-state index in [4.69, 9.17) is 5.11 Å². The summed E-state index contributed by atoms with van der Waals surface area (Å²) < 4.78 is 24.5. The second kappa shape index (κ2) is 4.94. The number of halogens is 2. The van der Waals surface area contributed by atoms with Gasteiger partial charge in [-0.05, 0) is 6.07 Å². The minimum atomic E-state index is -2.71. The molecule has 0 unspecified atom stereocenters. The molecular formula is C10H10F2N4O2. The number of nitrogens with zero attached hydrogens (tertiary/aromatic N) is 2. The quantitative estimate of drug-likeness (QED) is 0.753. The van der Waals surface area contributed by atoms with Crippen LogP contribution in [0.25, 0.3) is 11.0 Å². The second-order valence-electron chi connectivity index (χ2n) is 3.62. The lowest BCUT2D eigenvalue weighted by molar-refractivity contribution is -0.138. The summed E-state index contributed by atoms with van der Waals surface area (Å²) in [5.74, 6) is -1.13. The number of alkyl halides is 2. The van der Waals surface area contributed by atoms with Gasteiger partial charge in [-0.3, -0.25) is 0 Å². The Morgan fingerprint density at radius 3 is 2.94 bits per heavy atom. The Hall–Kier alpha value is -2.25. The molecule has 2 aromatic rings. The topological polar surface area (TPSA) is 90.9 Å². The molecule has 0 aliphatic rings. The van der Waals surface area contributed by atoms with Gasteiger partial charge in [0.05, 0.1) is 5.39 Å². The third kappa shape index (κ3) is 2.53. The van der Waals surface area contributed by atoms with Crippen molar-refractivity contribution in [1.29, 1.82) is 0 Å². The summed E-state index contributed by atoms with van der Waals surface area (Å²) >= 11 is 0. The van der Waals surface area contributed by atoms with Crippen molar-refractivity contribution in [1.82, 2.24) is 15.0 Å². The molecule has 2 heterocycles. The lowest BCUT2D eigenvalue weighted by atomic mass is 10.2. The number of rotatable bonds is 5.